The molecule has 0 aromatic heterocycles. The number of para-hydroxylation sites is 1. The molecule has 1 heterocycles. The van der Waals surface area contributed by atoms with E-state index in [1.54, 1.807) is 0 Å². The van der Waals surface area contributed by atoms with Gasteiger partial charge in [-0.2, -0.15) is 0 Å². The van der Waals surface area contributed by atoms with Crippen LogP contribution in [0.2, 0.25) is 0 Å². The van der Waals surface area contributed by atoms with Gasteiger partial charge in [-0.25, -0.2) is 0 Å². The summed E-state index contributed by atoms with van der Waals surface area (Å²) in [5.41, 5.74) is 2.60. The van der Waals surface area contributed by atoms with Gasteiger partial charge in [-0.3, -0.25) is 0 Å². The van der Waals surface area contributed by atoms with Crippen molar-refractivity contribution < 1.29 is 4.74 Å². The lowest BCUT2D eigenvalue weighted by Crippen LogP contribution is -2.35. The van der Waals surface area contributed by atoms with E-state index in [9.17, 15) is 0 Å². The Balaban J connectivity index is 1.83. The Morgan fingerprint density at radius 3 is 2.55 bits per heavy atom. The van der Waals surface area contributed by atoms with Gasteiger partial charge in [-0.1, -0.05) is 55.5 Å². The summed E-state index contributed by atoms with van der Waals surface area (Å²) in [5.74, 6) is 1.49. The molecule has 0 amide bonds. The molecule has 3 unspecified atom stereocenters. The molecule has 2 aromatic rings. The Kier molecular flexibility index (Phi) is 3.75. The van der Waals surface area contributed by atoms with Crippen molar-refractivity contribution in [1.82, 2.24) is 5.32 Å². The second kappa shape index (κ2) is 5.68. The van der Waals surface area contributed by atoms with Crippen LogP contribution in [-0.2, 0) is 0 Å². The summed E-state index contributed by atoms with van der Waals surface area (Å²) < 4.78 is 5.81. The largest absolute Gasteiger partial charge is 0.493 e. The van der Waals surface area contributed by atoms with E-state index in [0.29, 0.717) is 18.0 Å². The van der Waals surface area contributed by atoms with Gasteiger partial charge in [0.25, 0.3) is 0 Å². The van der Waals surface area contributed by atoms with Crippen molar-refractivity contribution in [1.29, 1.82) is 0 Å². The van der Waals surface area contributed by atoms with Crippen molar-refractivity contribution in [2.75, 3.05) is 6.61 Å². The molecule has 0 bridgehead atoms. The first-order valence-corrected chi connectivity index (χ1v) is 7.28. The van der Waals surface area contributed by atoms with E-state index in [1.807, 2.05) is 6.07 Å². The minimum absolute atomic E-state index is 0.329. The van der Waals surface area contributed by atoms with Gasteiger partial charge in [-0.15, -0.1) is 0 Å². The maximum atomic E-state index is 5.81. The molecule has 104 valence electrons. The van der Waals surface area contributed by atoms with Crippen LogP contribution in [0.3, 0.4) is 0 Å². The summed E-state index contributed by atoms with van der Waals surface area (Å²) in [4.78, 5) is 0. The standard InChI is InChI=1S/C18H21NO/c1-13-12-20-17-11-7-6-10-16(17)18(13)19-14(2)15-8-4-3-5-9-15/h3-11,13-14,18-19H,12H2,1-2H3. The van der Waals surface area contributed by atoms with Crippen molar-refractivity contribution in [3.8, 4) is 5.75 Å². The zero-order valence-corrected chi connectivity index (χ0v) is 12.0. The van der Waals surface area contributed by atoms with Gasteiger partial charge < -0.3 is 10.1 Å². The van der Waals surface area contributed by atoms with E-state index < -0.39 is 0 Å². The highest BCUT2D eigenvalue weighted by molar-refractivity contribution is 5.38. The van der Waals surface area contributed by atoms with Crippen LogP contribution in [0.1, 0.15) is 37.1 Å². The Hall–Kier alpha value is -1.80. The van der Waals surface area contributed by atoms with Crippen molar-refractivity contribution in [2.45, 2.75) is 25.9 Å². The molecule has 1 aliphatic rings. The number of ether oxygens (including phenoxy) is 1. The second-order valence-electron chi connectivity index (χ2n) is 5.60. The van der Waals surface area contributed by atoms with Crippen molar-refractivity contribution in [3.05, 3.63) is 65.7 Å². The van der Waals surface area contributed by atoms with Crippen molar-refractivity contribution >= 4 is 0 Å². The summed E-state index contributed by atoms with van der Waals surface area (Å²) >= 11 is 0. The molecule has 0 saturated heterocycles. The molecule has 3 rings (SSSR count). The van der Waals surface area contributed by atoms with E-state index >= 15 is 0 Å². The third-order valence-electron chi connectivity index (χ3n) is 4.05. The number of benzene rings is 2. The number of rotatable bonds is 3. The predicted octanol–water partition coefficient (Wildman–Crippen LogP) is 4.11. The predicted molar refractivity (Wildman–Crippen MR) is 81.8 cm³/mol. The van der Waals surface area contributed by atoms with Crippen LogP contribution in [0.5, 0.6) is 5.75 Å². The van der Waals surface area contributed by atoms with E-state index in [2.05, 4.69) is 67.7 Å². The summed E-state index contributed by atoms with van der Waals surface area (Å²) in [7, 11) is 0. The van der Waals surface area contributed by atoms with Crippen LogP contribution >= 0.6 is 0 Å². The number of hydrogen-bond acceptors (Lipinski definition) is 2. The van der Waals surface area contributed by atoms with Gasteiger partial charge in [0.05, 0.1) is 6.61 Å². The van der Waals surface area contributed by atoms with Gasteiger partial charge in [0.15, 0.2) is 0 Å². The highest BCUT2D eigenvalue weighted by Gasteiger charge is 2.28. The fourth-order valence-corrected chi connectivity index (χ4v) is 2.85. The number of fused-ring (bicyclic) bond motifs is 1. The fraction of sp³-hybridized carbons (Fsp3) is 0.333. The molecule has 2 nitrogen and oxygen atoms in total. The van der Waals surface area contributed by atoms with E-state index in [1.165, 1.54) is 11.1 Å². The topological polar surface area (TPSA) is 21.3 Å². The first kappa shape index (κ1) is 13.2. The Bertz CT molecular complexity index is 567. The smallest absolute Gasteiger partial charge is 0.124 e. The van der Waals surface area contributed by atoms with E-state index in [0.717, 1.165) is 12.4 Å². The summed E-state index contributed by atoms with van der Waals surface area (Å²) in [5, 5.41) is 3.76. The van der Waals surface area contributed by atoms with Gasteiger partial charge in [-0.05, 0) is 18.6 Å². The molecule has 0 saturated carbocycles. The van der Waals surface area contributed by atoms with Crippen LogP contribution in [-0.4, -0.2) is 6.61 Å². The van der Waals surface area contributed by atoms with Crippen LogP contribution < -0.4 is 10.1 Å². The van der Waals surface area contributed by atoms with Crippen LogP contribution in [0.4, 0.5) is 0 Å². The average molecular weight is 267 g/mol. The highest BCUT2D eigenvalue weighted by atomic mass is 16.5. The van der Waals surface area contributed by atoms with Gasteiger partial charge in [0, 0.05) is 23.6 Å². The zero-order chi connectivity index (χ0) is 13.9. The monoisotopic (exact) mass is 267 g/mol. The Labute approximate surface area is 120 Å². The molecule has 3 atom stereocenters. The van der Waals surface area contributed by atoms with Gasteiger partial charge >= 0.3 is 0 Å². The molecule has 20 heavy (non-hydrogen) atoms. The first-order valence-electron chi connectivity index (χ1n) is 7.28. The number of hydrogen-bond donors (Lipinski definition) is 1. The van der Waals surface area contributed by atoms with Crippen molar-refractivity contribution in [2.24, 2.45) is 5.92 Å². The van der Waals surface area contributed by atoms with E-state index in [-0.39, 0.29) is 0 Å². The van der Waals surface area contributed by atoms with Gasteiger partial charge in [0.2, 0.25) is 0 Å². The third-order valence-corrected chi connectivity index (χ3v) is 4.05. The second-order valence-corrected chi connectivity index (χ2v) is 5.60. The maximum absolute atomic E-state index is 5.81. The molecule has 0 aliphatic carbocycles. The highest BCUT2D eigenvalue weighted by Crippen LogP contribution is 2.36. The van der Waals surface area contributed by atoms with E-state index in [4.69, 9.17) is 4.74 Å². The minimum atomic E-state index is 0.329. The first-order chi connectivity index (χ1) is 9.75. The van der Waals surface area contributed by atoms with Gasteiger partial charge in [0.1, 0.15) is 5.75 Å². The zero-order valence-electron chi connectivity index (χ0n) is 12.0. The lowest BCUT2D eigenvalue weighted by atomic mass is 9.91. The number of nitrogens with one attached hydrogen (secondary N) is 1. The summed E-state index contributed by atoms with van der Waals surface area (Å²) in [6.07, 6.45) is 0. The fourth-order valence-electron chi connectivity index (χ4n) is 2.85. The Morgan fingerprint density at radius 1 is 1.05 bits per heavy atom. The average Bonchev–Trinajstić information content (AvgIpc) is 2.51. The normalized spacial score (nSPS) is 22.7. The molecule has 2 heteroatoms. The summed E-state index contributed by atoms with van der Waals surface area (Å²) in [6.45, 7) is 5.24. The van der Waals surface area contributed by atoms with Crippen LogP contribution in [0.15, 0.2) is 54.6 Å². The van der Waals surface area contributed by atoms with Crippen molar-refractivity contribution in [3.63, 3.8) is 0 Å². The molecule has 1 N–H and O–H groups in total. The van der Waals surface area contributed by atoms with Crippen LogP contribution in [0.25, 0.3) is 0 Å². The lowest BCUT2D eigenvalue weighted by Gasteiger charge is -2.34. The molecular weight excluding hydrogens is 246 g/mol. The molecular formula is C18H21NO. The lowest BCUT2D eigenvalue weighted by molar-refractivity contribution is 0.182. The molecule has 2 aromatic carbocycles. The Morgan fingerprint density at radius 2 is 1.75 bits per heavy atom. The SMILES string of the molecule is CC(NC1c2ccccc2OCC1C)c1ccccc1. The molecule has 0 fully saturated rings. The molecule has 0 spiro atoms. The summed E-state index contributed by atoms with van der Waals surface area (Å²) in [6, 6.07) is 19.6. The third kappa shape index (κ3) is 2.56. The molecule has 1 aliphatic heterocycles. The van der Waals surface area contributed by atoms with Crippen LogP contribution in [0, 0.1) is 5.92 Å². The molecule has 0 radical (unpaired) electrons. The minimum Gasteiger partial charge on any atom is -0.493 e. The maximum Gasteiger partial charge on any atom is 0.124 e. The quantitative estimate of drug-likeness (QED) is 0.903.